The summed E-state index contributed by atoms with van der Waals surface area (Å²) in [7, 11) is 19.6. The number of carbonyl (C=O) groups excluding carboxylic acids is 3. The third kappa shape index (κ3) is 21.5. The highest BCUT2D eigenvalue weighted by molar-refractivity contribution is 6.03. The molecular formula is C82H82F6N22O11. The second kappa shape index (κ2) is 38.5. The Morgan fingerprint density at radius 1 is 0.463 bits per heavy atom. The summed E-state index contributed by atoms with van der Waals surface area (Å²) < 4.78 is 113. The largest absolute Gasteiger partial charge is 0.494 e. The van der Waals surface area contributed by atoms with Crippen LogP contribution in [0.5, 0.6) is 46.1 Å². The number of amides is 3. The molecule has 12 aromatic rings. The molecule has 1 saturated heterocycles. The maximum atomic E-state index is 14.1. The van der Waals surface area contributed by atoms with E-state index in [1.54, 1.807) is 24.4 Å². The van der Waals surface area contributed by atoms with Crippen LogP contribution in [0.15, 0.2) is 180 Å². The highest BCUT2D eigenvalue weighted by Crippen LogP contribution is 2.41. The highest BCUT2D eigenvalue weighted by atomic mass is 19.2. The molecule has 628 valence electrons. The topological polar surface area (TPSA) is 355 Å². The standard InChI is InChI=1S/C29H29F2N7O4.C27H28F2N8O3.C26H25F2N7O4/c1-6-26(39)33-20-11-21(24(41-5)12-22(20)38-14-18(15-38)36(2)3)34-29-32-13-16-9-25(28(40)37(4)27(16)35-29)42-23-8-7-17(30)10-19(23)31;1-6-23(38)33-20-13-18(15-30-25(20)36(4)10-9-35(2)3)32-27-31-14-16-11-22(26(39)37(5)24(16)34-27)40-21-8-7-17(28)12-19(21)29;1-5-22(36)32-19-12-17(14-29-24(19)38-9-8-34(2)3)31-26-30-13-15-10-21(25(37)35(4)23(15)33-26)39-20-7-6-16(27)11-18(20)28/h6-13,18H,1,14-15H2,2-5H3,(H,33,39)(H,32,34,35);6-8,11-15H,1,9-10H2,2-5H3,(H,33,38)(H,31,32,34);5-7,10-14H,1,8-9H2,2-4H3,(H,32,36)(H,30,31,33). The van der Waals surface area contributed by atoms with Crippen molar-refractivity contribution in [1.82, 2.24) is 68.3 Å². The minimum atomic E-state index is -0.945. The molecule has 39 heteroatoms. The number of hydrogen-bond acceptors (Lipinski definition) is 27. The van der Waals surface area contributed by atoms with E-state index in [1.165, 1.54) is 97.1 Å². The summed E-state index contributed by atoms with van der Waals surface area (Å²) in [6.45, 7) is 14.5. The average molecular weight is 1670 g/mol. The summed E-state index contributed by atoms with van der Waals surface area (Å²) in [4.78, 5) is 120. The molecule has 0 aliphatic carbocycles. The Morgan fingerprint density at radius 3 is 1.27 bits per heavy atom. The number of likely N-dealkylation sites (N-methyl/N-ethyl adjacent to an activating group) is 4. The molecule has 8 aromatic heterocycles. The highest BCUT2D eigenvalue weighted by Gasteiger charge is 2.32. The molecule has 1 aliphatic rings. The number of methoxy groups -OCH3 is 1. The van der Waals surface area contributed by atoms with Gasteiger partial charge in [-0.25, -0.2) is 51.3 Å². The first-order valence-electron chi connectivity index (χ1n) is 36.6. The molecule has 0 spiro atoms. The van der Waals surface area contributed by atoms with Gasteiger partial charge in [-0.1, -0.05) is 19.7 Å². The summed E-state index contributed by atoms with van der Waals surface area (Å²) in [5.74, 6) is -6.02. The van der Waals surface area contributed by atoms with Gasteiger partial charge in [-0.15, -0.1) is 0 Å². The van der Waals surface area contributed by atoms with E-state index in [4.69, 9.17) is 23.7 Å². The molecule has 13 rings (SSSR count). The zero-order valence-electron chi connectivity index (χ0n) is 67.2. The fourth-order valence-electron chi connectivity index (χ4n) is 11.6. The van der Waals surface area contributed by atoms with Crippen LogP contribution >= 0.6 is 0 Å². The number of pyridine rings is 5. The van der Waals surface area contributed by atoms with Gasteiger partial charge in [-0.2, -0.15) is 15.0 Å². The predicted octanol–water partition coefficient (Wildman–Crippen LogP) is 11.3. The Bertz CT molecular complexity index is 6170. The lowest BCUT2D eigenvalue weighted by Crippen LogP contribution is -2.57. The van der Waals surface area contributed by atoms with Crippen LogP contribution in [-0.2, 0) is 35.5 Å². The van der Waals surface area contributed by atoms with E-state index in [0.717, 1.165) is 67.8 Å². The minimum absolute atomic E-state index is 0.139. The Balaban J connectivity index is 0.000000177. The number of carbonyl (C=O) groups is 3. The van der Waals surface area contributed by atoms with Gasteiger partial charge in [0.2, 0.25) is 41.4 Å². The smallest absolute Gasteiger partial charge is 0.294 e. The maximum absolute atomic E-state index is 14.1. The Morgan fingerprint density at radius 2 is 0.868 bits per heavy atom. The number of rotatable bonds is 29. The molecule has 1 aliphatic heterocycles. The SMILES string of the molecule is C=CC(=O)Nc1cc(Nc2ncc3cc(Oc4ccc(F)cc4F)c(=O)n(C)c3n2)c(OC)cc1N1CC(N(C)C)C1.C=CC(=O)Nc1cc(Nc2ncc3cc(Oc4ccc(F)cc4F)c(=O)n(C)c3n2)cnc1N(C)CCN(C)C.C=CC(=O)Nc1cc(Nc2ncc3cc(Oc4ccc(F)cc4F)c(=O)n(C)c3n2)cnc1OCCN(C)C. The van der Waals surface area contributed by atoms with Crippen molar-refractivity contribution in [2.45, 2.75) is 6.04 Å². The molecule has 121 heavy (non-hydrogen) atoms. The van der Waals surface area contributed by atoms with Crippen LogP contribution in [0.3, 0.4) is 0 Å². The zero-order valence-corrected chi connectivity index (χ0v) is 67.2. The first-order valence-corrected chi connectivity index (χ1v) is 36.6. The van der Waals surface area contributed by atoms with E-state index < -0.39 is 63.4 Å². The molecule has 0 radical (unpaired) electrons. The van der Waals surface area contributed by atoms with Gasteiger partial charge < -0.3 is 80.1 Å². The summed E-state index contributed by atoms with van der Waals surface area (Å²) in [5, 5.41) is 18.7. The second-order valence-corrected chi connectivity index (χ2v) is 27.7. The van der Waals surface area contributed by atoms with E-state index >= 15 is 0 Å². The zero-order chi connectivity index (χ0) is 87.2. The van der Waals surface area contributed by atoms with Crippen LogP contribution in [-0.4, -0.2) is 188 Å². The van der Waals surface area contributed by atoms with E-state index in [0.29, 0.717) is 106 Å². The molecule has 1 fully saturated rings. The number of halogens is 6. The quantitative estimate of drug-likeness (QED) is 0.0187. The molecule has 0 bridgehead atoms. The van der Waals surface area contributed by atoms with E-state index in [9.17, 15) is 55.1 Å². The molecule has 9 heterocycles. The van der Waals surface area contributed by atoms with Crippen molar-refractivity contribution in [2.75, 3.05) is 137 Å². The van der Waals surface area contributed by atoms with Gasteiger partial charge in [0.15, 0.2) is 57.8 Å². The molecule has 0 atom stereocenters. The van der Waals surface area contributed by atoms with Crippen LogP contribution in [0.2, 0.25) is 0 Å². The third-order valence-electron chi connectivity index (χ3n) is 18.2. The van der Waals surface area contributed by atoms with Crippen molar-refractivity contribution in [3.8, 4) is 46.1 Å². The van der Waals surface area contributed by atoms with Crippen molar-refractivity contribution < 1.29 is 64.4 Å². The predicted molar refractivity (Wildman–Crippen MR) is 447 cm³/mol. The number of aromatic nitrogens is 11. The van der Waals surface area contributed by atoms with Crippen molar-refractivity contribution in [3.05, 3.63) is 232 Å². The summed E-state index contributed by atoms with van der Waals surface area (Å²) in [6.07, 6.45) is 10.9. The molecule has 33 nitrogen and oxygen atoms in total. The van der Waals surface area contributed by atoms with Crippen LogP contribution in [0, 0.1) is 34.9 Å². The Kier molecular flexibility index (Phi) is 27.7. The number of hydrogen-bond donors (Lipinski definition) is 6. The van der Waals surface area contributed by atoms with Crippen molar-refractivity contribution in [2.24, 2.45) is 21.1 Å². The van der Waals surface area contributed by atoms with Crippen LogP contribution in [0.25, 0.3) is 33.1 Å². The van der Waals surface area contributed by atoms with Crippen LogP contribution in [0.1, 0.15) is 0 Å². The fourth-order valence-corrected chi connectivity index (χ4v) is 11.6. The Labute approximate surface area is 686 Å². The number of aryl methyl sites for hydroxylation is 3. The second-order valence-electron chi connectivity index (χ2n) is 27.7. The third-order valence-corrected chi connectivity index (χ3v) is 18.2. The van der Waals surface area contributed by atoms with E-state index in [1.807, 2.05) is 70.1 Å². The minimum Gasteiger partial charge on any atom is -0.494 e. The lowest BCUT2D eigenvalue weighted by Gasteiger charge is -2.45. The number of anilines is 11. The van der Waals surface area contributed by atoms with Gasteiger partial charge in [0.05, 0.1) is 53.6 Å². The number of nitrogens with zero attached hydrogens (tertiary/aromatic N) is 16. The van der Waals surface area contributed by atoms with Gasteiger partial charge >= 0.3 is 0 Å². The van der Waals surface area contributed by atoms with Gasteiger partial charge in [-0.05, 0) is 133 Å². The van der Waals surface area contributed by atoms with Crippen molar-refractivity contribution in [1.29, 1.82) is 0 Å². The molecule has 3 amide bonds. The monoisotopic (exact) mass is 1660 g/mol. The molecule has 0 unspecified atom stereocenters. The van der Waals surface area contributed by atoms with Crippen LogP contribution < -0.4 is 82.1 Å². The van der Waals surface area contributed by atoms with Crippen molar-refractivity contribution >= 4 is 114 Å². The number of benzene rings is 4. The fraction of sp³-hybridized carbons (Fsp3) is 0.220. The van der Waals surface area contributed by atoms with E-state index in [-0.39, 0.29) is 81.1 Å². The van der Waals surface area contributed by atoms with E-state index in [2.05, 4.69) is 101 Å². The summed E-state index contributed by atoms with van der Waals surface area (Å²) in [5.41, 5.74) is 2.56. The van der Waals surface area contributed by atoms with Gasteiger partial charge in [-0.3, -0.25) is 42.5 Å². The first kappa shape index (κ1) is 87.0. The van der Waals surface area contributed by atoms with Gasteiger partial charge in [0, 0.05) is 126 Å². The normalized spacial score (nSPS) is 11.7. The average Bonchev–Trinajstić information content (AvgIpc) is 0.784. The van der Waals surface area contributed by atoms with Gasteiger partial charge in [0.1, 0.15) is 52.4 Å². The molecule has 0 saturated carbocycles. The number of nitrogens with one attached hydrogen (secondary N) is 6. The van der Waals surface area contributed by atoms with Crippen molar-refractivity contribution in [3.63, 3.8) is 0 Å². The molecule has 6 N–H and O–H groups in total. The van der Waals surface area contributed by atoms with Gasteiger partial charge in [0.25, 0.3) is 16.7 Å². The summed E-state index contributed by atoms with van der Waals surface area (Å²) >= 11 is 0. The summed E-state index contributed by atoms with van der Waals surface area (Å²) in [6, 6.07) is 19.7. The lowest BCUT2D eigenvalue weighted by molar-refractivity contribution is -0.112. The molecule has 4 aromatic carbocycles. The number of ether oxygens (including phenoxy) is 5. The number of fused-ring (bicyclic) bond motifs is 3. The van der Waals surface area contributed by atoms with Crippen LogP contribution in [0.4, 0.5) is 89.8 Å². The maximum Gasteiger partial charge on any atom is 0.294 e. The lowest BCUT2D eigenvalue weighted by atomic mass is 10.0. The first-order chi connectivity index (χ1) is 57.8. The molecular weight excluding hydrogens is 1580 g/mol. The Hall–Kier alpha value is -14.9.